The third-order valence-corrected chi connectivity index (χ3v) is 3.59. The fourth-order valence-corrected chi connectivity index (χ4v) is 2.34. The van der Waals surface area contributed by atoms with Crippen molar-refractivity contribution < 1.29 is 4.74 Å². The topological polar surface area (TPSA) is 9.23 Å². The van der Waals surface area contributed by atoms with Crippen molar-refractivity contribution in [2.75, 3.05) is 7.11 Å². The van der Waals surface area contributed by atoms with Crippen LogP contribution in [0.5, 0.6) is 0 Å². The van der Waals surface area contributed by atoms with E-state index in [4.69, 9.17) is 4.74 Å². The van der Waals surface area contributed by atoms with Gasteiger partial charge in [0.15, 0.2) is 0 Å². The highest BCUT2D eigenvalue weighted by Crippen LogP contribution is 2.23. The Morgan fingerprint density at radius 3 is 1.89 bits per heavy atom. The van der Waals surface area contributed by atoms with Crippen LogP contribution < -0.4 is 0 Å². The minimum Gasteiger partial charge on any atom is -0.381 e. The van der Waals surface area contributed by atoms with Gasteiger partial charge in [-0.25, -0.2) is 0 Å². The van der Waals surface area contributed by atoms with Crippen LogP contribution in [-0.2, 0) is 4.74 Å². The van der Waals surface area contributed by atoms with Crippen LogP contribution in [0.15, 0.2) is 0 Å². The van der Waals surface area contributed by atoms with Gasteiger partial charge in [0.25, 0.3) is 0 Å². The molecule has 0 N–H and O–H groups in total. The van der Waals surface area contributed by atoms with Gasteiger partial charge in [-0.1, -0.05) is 66.7 Å². The fraction of sp³-hybridized carbons (Fsp3) is 1.00. The van der Waals surface area contributed by atoms with Crippen LogP contribution in [0.1, 0.15) is 86.0 Å². The number of unbranched alkanes of at least 4 members (excludes halogenated alkanes) is 2. The Morgan fingerprint density at radius 2 is 1.39 bits per heavy atom. The highest BCUT2D eigenvalue weighted by molar-refractivity contribution is 4.65. The lowest BCUT2D eigenvalue weighted by Crippen LogP contribution is -2.12. The van der Waals surface area contributed by atoms with Gasteiger partial charge in [-0.05, 0) is 30.6 Å². The summed E-state index contributed by atoms with van der Waals surface area (Å²) in [7, 11) is 1.87. The van der Waals surface area contributed by atoms with Gasteiger partial charge >= 0.3 is 0 Å². The lowest BCUT2D eigenvalue weighted by atomic mass is 9.89. The van der Waals surface area contributed by atoms with Crippen LogP contribution in [0.2, 0.25) is 0 Å². The van der Waals surface area contributed by atoms with E-state index < -0.39 is 0 Å². The minimum absolute atomic E-state index is 0.468. The van der Waals surface area contributed by atoms with Gasteiger partial charge in [0.2, 0.25) is 0 Å². The Bertz CT molecular complexity index is 179. The predicted octanol–water partition coefficient (Wildman–Crippen LogP) is 5.82. The van der Waals surface area contributed by atoms with Crippen molar-refractivity contribution in [1.82, 2.24) is 0 Å². The summed E-state index contributed by atoms with van der Waals surface area (Å²) in [6.45, 7) is 11.6. The molecule has 0 aliphatic rings. The van der Waals surface area contributed by atoms with Gasteiger partial charge < -0.3 is 4.74 Å². The zero-order chi connectivity index (χ0) is 14.0. The van der Waals surface area contributed by atoms with Gasteiger partial charge in [-0.3, -0.25) is 0 Å². The van der Waals surface area contributed by atoms with Crippen LogP contribution in [0.3, 0.4) is 0 Å². The van der Waals surface area contributed by atoms with Gasteiger partial charge in [-0.15, -0.1) is 0 Å². The zero-order valence-corrected chi connectivity index (χ0v) is 13.7. The van der Waals surface area contributed by atoms with Crippen molar-refractivity contribution >= 4 is 0 Å². The van der Waals surface area contributed by atoms with E-state index in [1.165, 1.54) is 51.4 Å². The molecule has 0 aliphatic heterocycles. The summed E-state index contributed by atoms with van der Waals surface area (Å²) < 4.78 is 5.59. The molecule has 0 aromatic heterocycles. The molecule has 0 rings (SSSR count). The van der Waals surface area contributed by atoms with Crippen molar-refractivity contribution in [3.8, 4) is 0 Å². The summed E-state index contributed by atoms with van der Waals surface area (Å²) in [5, 5.41) is 0. The molecular formula is C17H36O. The van der Waals surface area contributed by atoms with Gasteiger partial charge in [0, 0.05) is 7.11 Å². The van der Waals surface area contributed by atoms with E-state index in [1.54, 1.807) is 0 Å². The largest absolute Gasteiger partial charge is 0.381 e. The van der Waals surface area contributed by atoms with E-state index in [1.807, 2.05) is 7.11 Å². The van der Waals surface area contributed by atoms with Crippen LogP contribution in [0, 0.1) is 11.3 Å². The second-order valence-electron chi connectivity index (χ2n) is 7.34. The minimum atomic E-state index is 0.468. The van der Waals surface area contributed by atoms with Crippen molar-refractivity contribution in [2.45, 2.75) is 92.1 Å². The number of hydrogen-bond acceptors (Lipinski definition) is 1. The maximum atomic E-state index is 5.59. The fourth-order valence-electron chi connectivity index (χ4n) is 2.34. The summed E-state index contributed by atoms with van der Waals surface area (Å²) in [6.07, 6.45) is 11.0. The molecule has 0 spiro atoms. The van der Waals surface area contributed by atoms with Crippen molar-refractivity contribution in [1.29, 1.82) is 0 Å². The lowest BCUT2D eigenvalue weighted by Gasteiger charge is -2.20. The highest BCUT2D eigenvalue weighted by atomic mass is 16.5. The third-order valence-electron chi connectivity index (χ3n) is 3.59. The Labute approximate surface area is 116 Å². The molecule has 0 fully saturated rings. The van der Waals surface area contributed by atoms with E-state index in [-0.39, 0.29) is 0 Å². The van der Waals surface area contributed by atoms with Crippen molar-refractivity contribution in [3.63, 3.8) is 0 Å². The third kappa shape index (κ3) is 12.4. The van der Waals surface area contributed by atoms with Gasteiger partial charge in [0.05, 0.1) is 6.10 Å². The van der Waals surface area contributed by atoms with E-state index in [2.05, 4.69) is 34.6 Å². The molecule has 0 unspecified atom stereocenters. The first-order valence-electron chi connectivity index (χ1n) is 7.88. The molecule has 0 amide bonds. The molecule has 18 heavy (non-hydrogen) atoms. The first kappa shape index (κ1) is 18.0. The van der Waals surface area contributed by atoms with Crippen LogP contribution in [-0.4, -0.2) is 13.2 Å². The molecule has 0 heterocycles. The maximum Gasteiger partial charge on any atom is 0.0571 e. The SMILES string of the molecule is CO[C@H](CCCCCC(C)C)CCCC(C)(C)C. The molecule has 0 bridgehead atoms. The highest BCUT2D eigenvalue weighted by Gasteiger charge is 2.12. The Balaban J connectivity index is 3.52. The summed E-state index contributed by atoms with van der Waals surface area (Å²) in [6, 6.07) is 0. The molecule has 110 valence electrons. The molecule has 0 saturated heterocycles. The molecule has 0 radical (unpaired) electrons. The molecule has 0 aromatic carbocycles. The summed E-state index contributed by atoms with van der Waals surface area (Å²) in [5.41, 5.74) is 0.468. The number of ether oxygens (including phenoxy) is 1. The number of methoxy groups -OCH3 is 1. The quantitative estimate of drug-likeness (QED) is 0.447. The maximum absolute atomic E-state index is 5.59. The monoisotopic (exact) mass is 256 g/mol. The average Bonchev–Trinajstić information content (AvgIpc) is 2.24. The van der Waals surface area contributed by atoms with Gasteiger partial charge in [0.1, 0.15) is 0 Å². The first-order chi connectivity index (χ1) is 8.35. The first-order valence-corrected chi connectivity index (χ1v) is 7.88. The number of rotatable bonds is 10. The van der Waals surface area contributed by atoms with Crippen molar-refractivity contribution in [3.05, 3.63) is 0 Å². The van der Waals surface area contributed by atoms with Crippen LogP contribution in [0.25, 0.3) is 0 Å². The number of hydrogen-bond donors (Lipinski definition) is 0. The summed E-state index contributed by atoms with van der Waals surface area (Å²) >= 11 is 0. The summed E-state index contributed by atoms with van der Waals surface area (Å²) in [4.78, 5) is 0. The van der Waals surface area contributed by atoms with Crippen LogP contribution in [0.4, 0.5) is 0 Å². The van der Waals surface area contributed by atoms with Crippen molar-refractivity contribution in [2.24, 2.45) is 11.3 Å². The average molecular weight is 256 g/mol. The lowest BCUT2D eigenvalue weighted by molar-refractivity contribution is 0.0808. The molecule has 1 heteroatoms. The second-order valence-corrected chi connectivity index (χ2v) is 7.34. The molecular weight excluding hydrogens is 220 g/mol. The van der Waals surface area contributed by atoms with Gasteiger partial charge in [-0.2, -0.15) is 0 Å². The van der Waals surface area contributed by atoms with E-state index in [0.717, 1.165) is 5.92 Å². The smallest absolute Gasteiger partial charge is 0.0571 e. The van der Waals surface area contributed by atoms with Crippen LogP contribution >= 0.6 is 0 Å². The van der Waals surface area contributed by atoms with E-state index in [0.29, 0.717) is 11.5 Å². The molecule has 1 nitrogen and oxygen atoms in total. The Hall–Kier alpha value is -0.0400. The van der Waals surface area contributed by atoms with E-state index in [9.17, 15) is 0 Å². The zero-order valence-electron chi connectivity index (χ0n) is 13.7. The molecule has 0 aromatic rings. The summed E-state index contributed by atoms with van der Waals surface area (Å²) in [5.74, 6) is 0.856. The standard InChI is InChI=1S/C17H36O/c1-15(2)11-8-7-9-12-16(18-6)13-10-14-17(3,4)5/h15-16H,7-14H2,1-6H3/t16-/m1/s1. The molecule has 1 atom stereocenters. The second kappa shape index (κ2) is 9.83. The molecule has 0 aliphatic carbocycles. The Kier molecular flexibility index (Phi) is 9.81. The Morgan fingerprint density at radius 1 is 0.833 bits per heavy atom. The predicted molar refractivity (Wildman–Crippen MR) is 82.0 cm³/mol. The molecule has 0 saturated carbocycles. The van der Waals surface area contributed by atoms with E-state index >= 15 is 0 Å². The normalized spacial score (nSPS) is 14.2.